The fraction of sp³-hybridized carbons (Fsp3) is 0.371. The molecule has 0 radical (unpaired) electrons. The highest BCUT2D eigenvalue weighted by Gasteiger charge is 2.43. The van der Waals surface area contributed by atoms with Crippen LogP contribution in [0.25, 0.3) is 21.9 Å². The summed E-state index contributed by atoms with van der Waals surface area (Å²) in [5.41, 5.74) is 7.47. The van der Waals surface area contributed by atoms with Crippen LogP contribution in [0, 0.1) is 6.92 Å². The van der Waals surface area contributed by atoms with Crippen LogP contribution in [0.3, 0.4) is 0 Å². The Morgan fingerprint density at radius 1 is 0.875 bits per heavy atom. The van der Waals surface area contributed by atoms with E-state index in [9.17, 15) is 5.11 Å². The van der Waals surface area contributed by atoms with E-state index in [0.29, 0.717) is 19.0 Å². The van der Waals surface area contributed by atoms with Gasteiger partial charge in [-0.05, 0) is 89.9 Å². The van der Waals surface area contributed by atoms with Crippen LogP contribution >= 0.6 is 11.8 Å². The van der Waals surface area contributed by atoms with Crippen molar-refractivity contribution >= 4 is 28.2 Å². The molecule has 6 rings (SSSR count). The maximum Gasteiger partial charge on any atom is 0.142 e. The molecule has 0 amide bonds. The Hall–Kier alpha value is -3.15. The zero-order valence-corrected chi connectivity index (χ0v) is 24.9. The summed E-state index contributed by atoms with van der Waals surface area (Å²) in [4.78, 5) is 4.86. The van der Waals surface area contributed by atoms with Gasteiger partial charge < -0.3 is 19.5 Å². The number of hydrogen-bond acceptors (Lipinski definition) is 5. The van der Waals surface area contributed by atoms with Gasteiger partial charge >= 0.3 is 0 Å². The van der Waals surface area contributed by atoms with Crippen LogP contribution in [0.15, 0.2) is 70.5 Å². The molecule has 0 atom stereocenters. The number of aromatic hydroxyl groups is 1. The molecule has 2 aliphatic rings. The van der Waals surface area contributed by atoms with E-state index < -0.39 is 0 Å². The van der Waals surface area contributed by atoms with Gasteiger partial charge in [-0.1, -0.05) is 62.2 Å². The quantitative estimate of drug-likeness (QED) is 0.236. The van der Waals surface area contributed by atoms with E-state index in [1.807, 2.05) is 17.8 Å². The maximum absolute atomic E-state index is 11.5. The minimum Gasteiger partial charge on any atom is -0.507 e. The first-order valence-electron chi connectivity index (χ1n) is 14.6. The minimum atomic E-state index is -0.122. The molecule has 1 aliphatic carbocycles. The van der Waals surface area contributed by atoms with Crippen LogP contribution in [0.4, 0.5) is 5.69 Å². The lowest BCUT2D eigenvalue weighted by Crippen LogP contribution is -2.36. The topological polar surface area (TPSA) is 41.9 Å². The van der Waals surface area contributed by atoms with E-state index in [4.69, 9.17) is 9.47 Å². The Bertz CT molecular complexity index is 1530. The third kappa shape index (κ3) is 4.53. The molecule has 1 saturated heterocycles. The molecular weight excluding hydrogens is 514 g/mol. The summed E-state index contributed by atoms with van der Waals surface area (Å²) in [6, 6.07) is 22.1. The third-order valence-corrected chi connectivity index (χ3v) is 9.67. The first-order chi connectivity index (χ1) is 19.5. The number of hydrogen-bond donors (Lipinski definition) is 1. The average molecular weight is 554 g/mol. The van der Waals surface area contributed by atoms with Crippen LogP contribution in [-0.2, 0) is 10.2 Å². The molecule has 0 unspecified atom stereocenters. The summed E-state index contributed by atoms with van der Waals surface area (Å²) in [5, 5.41) is 13.4. The van der Waals surface area contributed by atoms with Gasteiger partial charge in [0.15, 0.2) is 0 Å². The minimum absolute atomic E-state index is 0.122. The van der Waals surface area contributed by atoms with Gasteiger partial charge in [-0.25, -0.2) is 0 Å². The monoisotopic (exact) mass is 553 g/mol. The number of morpholine rings is 1. The van der Waals surface area contributed by atoms with Gasteiger partial charge in [0.05, 0.1) is 26.0 Å². The van der Waals surface area contributed by atoms with Gasteiger partial charge in [0.25, 0.3) is 0 Å². The Morgan fingerprint density at radius 3 is 2.25 bits per heavy atom. The van der Waals surface area contributed by atoms with Crippen molar-refractivity contribution in [3.63, 3.8) is 0 Å². The largest absolute Gasteiger partial charge is 0.507 e. The maximum atomic E-state index is 11.5. The summed E-state index contributed by atoms with van der Waals surface area (Å²) < 4.78 is 11.5. The van der Waals surface area contributed by atoms with Crippen molar-refractivity contribution in [1.29, 1.82) is 0 Å². The van der Waals surface area contributed by atoms with E-state index >= 15 is 0 Å². The zero-order valence-electron chi connectivity index (χ0n) is 24.0. The highest BCUT2D eigenvalue weighted by Crippen LogP contribution is 2.58. The summed E-state index contributed by atoms with van der Waals surface area (Å²) >= 11 is 1.83. The van der Waals surface area contributed by atoms with E-state index in [-0.39, 0.29) is 5.41 Å². The zero-order chi connectivity index (χ0) is 27.9. The lowest BCUT2D eigenvalue weighted by atomic mass is 9.71. The Kier molecular flexibility index (Phi) is 7.45. The lowest BCUT2D eigenvalue weighted by molar-refractivity contribution is 0.122. The van der Waals surface area contributed by atoms with Crippen molar-refractivity contribution in [3.8, 4) is 22.6 Å². The molecule has 4 aromatic carbocycles. The van der Waals surface area contributed by atoms with Gasteiger partial charge in [-0.2, -0.15) is 0 Å². The third-order valence-electron chi connectivity index (χ3n) is 8.67. The van der Waals surface area contributed by atoms with Crippen LogP contribution in [-0.4, -0.2) is 38.5 Å². The number of methoxy groups -OCH3 is 1. The number of ether oxygens (including phenoxy) is 2. The molecule has 1 N–H and O–H groups in total. The Morgan fingerprint density at radius 2 is 1.57 bits per heavy atom. The SMILES string of the molecule is CCCC1(CCC)c2cc(Sc3ccc(C)cc3)ccc2-c2c1cc(O)c1cc(OC)c(N3CCOCC3)cc21. The molecule has 4 aromatic rings. The van der Waals surface area contributed by atoms with Crippen LogP contribution in [0.5, 0.6) is 11.5 Å². The van der Waals surface area contributed by atoms with Gasteiger partial charge in [-0.15, -0.1) is 0 Å². The fourth-order valence-corrected chi connectivity index (χ4v) is 7.76. The van der Waals surface area contributed by atoms with Gasteiger partial charge in [0.1, 0.15) is 11.5 Å². The van der Waals surface area contributed by atoms with Gasteiger partial charge in [-0.3, -0.25) is 0 Å². The second kappa shape index (κ2) is 11.0. The predicted molar refractivity (Wildman–Crippen MR) is 167 cm³/mol. The Labute approximate surface area is 242 Å². The smallest absolute Gasteiger partial charge is 0.142 e. The molecule has 5 heteroatoms. The van der Waals surface area contributed by atoms with Crippen LogP contribution in [0.1, 0.15) is 56.2 Å². The van der Waals surface area contributed by atoms with Crippen LogP contribution < -0.4 is 9.64 Å². The number of rotatable bonds is 8. The molecule has 0 spiro atoms. The van der Waals surface area contributed by atoms with Crippen molar-refractivity contribution in [2.75, 3.05) is 38.3 Å². The van der Waals surface area contributed by atoms with Gasteiger partial charge in [0.2, 0.25) is 0 Å². The normalized spacial score (nSPS) is 15.8. The number of anilines is 1. The Balaban J connectivity index is 1.58. The van der Waals surface area contributed by atoms with E-state index in [0.717, 1.165) is 61.0 Å². The van der Waals surface area contributed by atoms with E-state index in [1.54, 1.807) is 7.11 Å². The fourth-order valence-electron chi connectivity index (χ4n) is 6.91. The second-order valence-electron chi connectivity index (χ2n) is 11.2. The molecule has 1 aliphatic heterocycles. The molecule has 1 fully saturated rings. The highest BCUT2D eigenvalue weighted by molar-refractivity contribution is 7.99. The predicted octanol–water partition coefficient (Wildman–Crippen LogP) is 8.72. The number of phenols is 1. The number of aryl methyl sites for hydroxylation is 1. The summed E-state index contributed by atoms with van der Waals surface area (Å²) in [7, 11) is 1.71. The molecule has 40 heavy (non-hydrogen) atoms. The first-order valence-corrected chi connectivity index (χ1v) is 15.4. The molecular formula is C35H39NO3S. The summed E-state index contributed by atoms with van der Waals surface area (Å²) in [5.74, 6) is 1.13. The summed E-state index contributed by atoms with van der Waals surface area (Å²) in [6.45, 7) is 9.76. The average Bonchev–Trinajstić information content (AvgIpc) is 3.23. The number of nitrogens with zero attached hydrogens (tertiary/aromatic N) is 1. The second-order valence-corrected chi connectivity index (χ2v) is 12.3. The number of benzene rings is 4. The summed E-state index contributed by atoms with van der Waals surface area (Å²) in [6.07, 6.45) is 4.26. The van der Waals surface area contributed by atoms with E-state index in [2.05, 4.69) is 80.3 Å². The number of fused-ring (bicyclic) bond motifs is 5. The number of phenolic OH excluding ortho intramolecular Hbond substituents is 1. The van der Waals surface area contributed by atoms with Crippen molar-refractivity contribution in [2.24, 2.45) is 0 Å². The standard InChI is InChI=1S/C35H39NO3S/c1-5-13-35(14-6-2)29-19-25(40-24-9-7-23(3)8-10-24)11-12-26(29)34-28-20-31(36-15-17-39-18-16-36)33(38-4)21-27(28)32(37)22-30(34)35/h7-12,19-22,37H,5-6,13-18H2,1-4H3. The molecule has 0 saturated carbocycles. The highest BCUT2D eigenvalue weighted by atomic mass is 32.2. The van der Waals surface area contributed by atoms with Gasteiger partial charge in [0, 0.05) is 33.7 Å². The molecule has 1 heterocycles. The first kappa shape index (κ1) is 27.0. The lowest BCUT2D eigenvalue weighted by Gasteiger charge is -2.33. The molecule has 208 valence electrons. The van der Waals surface area contributed by atoms with Crippen molar-refractivity contribution in [3.05, 3.63) is 77.4 Å². The van der Waals surface area contributed by atoms with Crippen molar-refractivity contribution < 1.29 is 14.6 Å². The molecule has 4 nitrogen and oxygen atoms in total. The van der Waals surface area contributed by atoms with Crippen LogP contribution in [0.2, 0.25) is 0 Å². The van der Waals surface area contributed by atoms with Crippen molar-refractivity contribution in [2.45, 2.75) is 61.7 Å². The molecule has 0 aromatic heterocycles. The van der Waals surface area contributed by atoms with E-state index in [1.165, 1.54) is 37.6 Å². The van der Waals surface area contributed by atoms with Crippen molar-refractivity contribution in [1.82, 2.24) is 0 Å². The molecule has 0 bridgehead atoms.